The van der Waals surface area contributed by atoms with Crippen molar-refractivity contribution >= 4 is 24.8 Å². The standard InChI is InChI=1S/C11H16N2.2ClH/c1-9-2-7-13-11(8-9)10-3-5-12-6-4-10;;/h2,7-8,10,12H,3-6H2,1H3;2*1H. The molecule has 2 nitrogen and oxygen atoms in total. The molecule has 0 amide bonds. The van der Waals surface area contributed by atoms with E-state index in [1.807, 2.05) is 6.20 Å². The number of nitrogens with one attached hydrogen (secondary N) is 1. The second kappa shape index (κ2) is 7.04. The van der Waals surface area contributed by atoms with Crippen LogP contribution in [0.5, 0.6) is 0 Å². The Morgan fingerprint density at radius 2 is 1.93 bits per heavy atom. The van der Waals surface area contributed by atoms with Gasteiger partial charge in [0.25, 0.3) is 0 Å². The third-order valence-corrected chi connectivity index (χ3v) is 2.69. The number of pyridine rings is 1. The second-order valence-corrected chi connectivity index (χ2v) is 3.78. The number of piperidine rings is 1. The Balaban J connectivity index is 0.000000980. The van der Waals surface area contributed by atoms with Gasteiger partial charge in [0.2, 0.25) is 0 Å². The number of aryl methyl sites for hydroxylation is 1. The maximum atomic E-state index is 4.44. The summed E-state index contributed by atoms with van der Waals surface area (Å²) in [5, 5.41) is 3.37. The molecule has 0 bridgehead atoms. The van der Waals surface area contributed by atoms with Crippen molar-refractivity contribution in [2.45, 2.75) is 25.7 Å². The molecule has 4 heteroatoms. The van der Waals surface area contributed by atoms with Gasteiger partial charge in [-0.1, -0.05) is 0 Å². The van der Waals surface area contributed by atoms with E-state index >= 15 is 0 Å². The highest BCUT2D eigenvalue weighted by molar-refractivity contribution is 5.85. The Morgan fingerprint density at radius 1 is 1.27 bits per heavy atom. The molecule has 1 saturated heterocycles. The highest BCUT2D eigenvalue weighted by atomic mass is 35.5. The van der Waals surface area contributed by atoms with E-state index in [9.17, 15) is 0 Å². The summed E-state index contributed by atoms with van der Waals surface area (Å²) >= 11 is 0. The first-order chi connectivity index (χ1) is 6.36. The van der Waals surface area contributed by atoms with Gasteiger partial charge < -0.3 is 5.32 Å². The molecule has 1 aromatic heterocycles. The minimum atomic E-state index is 0. The highest BCUT2D eigenvalue weighted by Crippen LogP contribution is 2.23. The van der Waals surface area contributed by atoms with E-state index in [1.165, 1.54) is 24.1 Å². The van der Waals surface area contributed by atoms with Crippen LogP contribution in [0.15, 0.2) is 18.3 Å². The van der Waals surface area contributed by atoms with Crippen LogP contribution in [0.25, 0.3) is 0 Å². The lowest BCUT2D eigenvalue weighted by molar-refractivity contribution is 0.453. The lowest BCUT2D eigenvalue weighted by Gasteiger charge is -2.22. The molecule has 0 saturated carbocycles. The van der Waals surface area contributed by atoms with E-state index < -0.39 is 0 Å². The van der Waals surface area contributed by atoms with Gasteiger partial charge >= 0.3 is 0 Å². The number of rotatable bonds is 1. The zero-order valence-corrected chi connectivity index (χ0v) is 10.5. The van der Waals surface area contributed by atoms with Crippen molar-refractivity contribution in [1.82, 2.24) is 10.3 Å². The van der Waals surface area contributed by atoms with Crippen molar-refractivity contribution in [1.29, 1.82) is 0 Å². The fraction of sp³-hybridized carbons (Fsp3) is 0.545. The van der Waals surface area contributed by atoms with Crippen molar-refractivity contribution in [2.24, 2.45) is 0 Å². The molecule has 0 unspecified atom stereocenters. The van der Waals surface area contributed by atoms with E-state index in [2.05, 4.69) is 29.4 Å². The quantitative estimate of drug-likeness (QED) is 0.827. The molecular formula is C11H18Cl2N2. The van der Waals surface area contributed by atoms with Crippen LogP contribution in [0, 0.1) is 6.92 Å². The third kappa shape index (κ3) is 3.98. The van der Waals surface area contributed by atoms with E-state index in [-0.39, 0.29) is 24.8 Å². The molecule has 0 radical (unpaired) electrons. The summed E-state index contributed by atoms with van der Waals surface area (Å²) in [5.74, 6) is 0.682. The van der Waals surface area contributed by atoms with Gasteiger partial charge in [0.05, 0.1) is 0 Å². The third-order valence-electron chi connectivity index (χ3n) is 2.69. The molecule has 1 aliphatic heterocycles. The van der Waals surface area contributed by atoms with Gasteiger partial charge in [-0.05, 0) is 50.6 Å². The Bertz CT molecular complexity index is 286. The average molecular weight is 249 g/mol. The zero-order valence-electron chi connectivity index (χ0n) is 8.90. The van der Waals surface area contributed by atoms with E-state index in [1.54, 1.807) is 0 Å². The number of hydrogen-bond acceptors (Lipinski definition) is 2. The molecule has 1 fully saturated rings. The Labute approximate surface area is 104 Å². The molecule has 15 heavy (non-hydrogen) atoms. The fourth-order valence-electron chi connectivity index (χ4n) is 1.90. The smallest absolute Gasteiger partial charge is 0.0438 e. The van der Waals surface area contributed by atoms with Gasteiger partial charge in [0, 0.05) is 17.8 Å². The first kappa shape index (κ1) is 14.7. The van der Waals surface area contributed by atoms with Gasteiger partial charge in [-0.25, -0.2) is 0 Å². The maximum absolute atomic E-state index is 4.44. The van der Waals surface area contributed by atoms with Gasteiger partial charge in [-0.15, -0.1) is 24.8 Å². The van der Waals surface area contributed by atoms with Crippen LogP contribution < -0.4 is 5.32 Å². The van der Waals surface area contributed by atoms with Crippen LogP contribution in [0.1, 0.15) is 30.0 Å². The lowest BCUT2D eigenvalue weighted by atomic mass is 9.93. The van der Waals surface area contributed by atoms with E-state index in [4.69, 9.17) is 0 Å². The SMILES string of the molecule is Cc1ccnc(C2CCNCC2)c1.Cl.Cl. The van der Waals surface area contributed by atoms with E-state index in [0.29, 0.717) is 5.92 Å². The number of hydrogen-bond donors (Lipinski definition) is 1. The first-order valence-corrected chi connectivity index (χ1v) is 4.99. The predicted octanol–water partition coefficient (Wildman–Crippen LogP) is 2.70. The van der Waals surface area contributed by atoms with Crippen LogP contribution in [0.2, 0.25) is 0 Å². The normalized spacial score (nSPS) is 16.3. The highest BCUT2D eigenvalue weighted by Gasteiger charge is 2.15. The largest absolute Gasteiger partial charge is 0.317 e. The molecule has 2 rings (SSSR count). The molecule has 1 N–H and O–H groups in total. The minimum absolute atomic E-state index is 0. The molecule has 1 aromatic rings. The summed E-state index contributed by atoms with van der Waals surface area (Å²) in [6, 6.07) is 4.28. The molecular weight excluding hydrogens is 231 g/mol. The summed E-state index contributed by atoms with van der Waals surface area (Å²) in [5.41, 5.74) is 2.60. The topological polar surface area (TPSA) is 24.9 Å². The van der Waals surface area contributed by atoms with Crippen LogP contribution in [0.3, 0.4) is 0 Å². The first-order valence-electron chi connectivity index (χ1n) is 4.99. The minimum Gasteiger partial charge on any atom is -0.317 e. The van der Waals surface area contributed by atoms with Gasteiger partial charge in [0.1, 0.15) is 0 Å². The summed E-state index contributed by atoms with van der Waals surface area (Å²) in [6.45, 7) is 4.41. The van der Waals surface area contributed by atoms with Crippen molar-refractivity contribution in [2.75, 3.05) is 13.1 Å². The van der Waals surface area contributed by atoms with E-state index in [0.717, 1.165) is 13.1 Å². The zero-order chi connectivity index (χ0) is 9.10. The van der Waals surface area contributed by atoms with Crippen LogP contribution in [-0.2, 0) is 0 Å². The van der Waals surface area contributed by atoms with Crippen molar-refractivity contribution in [3.05, 3.63) is 29.6 Å². The van der Waals surface area contributed by atoms with Crippen molar-refractivity contribution in [3.63, 3.8) is 0 Å². The average Bonchev–Trinajstić information content (AvgIpc) is 2.19. The Morgan fingerprint density at radius 3 is 2.53 bits per heavy atom. The molecule has 2 heterocycles. The van der Waals surface area contributed by atoms with Gasteiger partial charge in [-0.2, -0.15) is 0 Å². The molecule has 0 atom stereocenters. The Hall–Kier alpha value is -0.310. The summed E-state index contributed by atoms with van der Waals surface area (Å²) in [4.78, 5) is 4.44. The Kier molecular flexibility index (Phi) is 6.90. The van der Waals surface area contributed by atoms with Crippen LogP contribution >= 0.6 is 24.8 Å². The number of halogens is 2. The molecule has 0 spiro atoms. The summed E-state index contributed by atoms with van der Waals surface area (Å²) in [6.07, 6.45) is 4.39. The predicted molar refractivity (Wildman–Crippen MR) is 68.3 cm³/mol. The molecule has 0 aromatic carbocycles. The fourth-order valence-corrected chi connectivity index (χ4v) is 1.90. The maximum Gasteiger partial charge on any atom is 0.0438 e. The lowest BCUT2D eigenvalue weighted by Crippen LogP contribution is -2.27. The molecule has 86 valence electrons. The van der Waals surface area contributed by atoms with Crippen molar-refractivity contribution < 1.29 is 0 Å². The van der Waals surface area contributed by atoms with Crippen LogP contribution in [-0.4, -0.2) is 18.1 Å². The summed E-state index contributed by atoms with van der Waals surface area (Å²) in [7, 11) is 0. The number of aromatic nitrogens is 1. The molecule has 0 aliphatic carbocycles. The monoisotopic (exact) mass is 248 g/mol. The summed E-state index contributed by atoms with van der Waals surface area (Å²) < 4.78 is 0. The second-order valence-electron chi connectivity index (χ2n) is 3.78. The number of nitrogens with zero attached hydrogens (tertiary/aromatic N) is 1. The van der Waals surface area contributed by atoms with Gasteiger partial charge in [-0.3, -0.25) is 4.98 Å². The van der Waals surface area contributed by atoms with Crippen LogP contribution in [0.4, 0.5) is 0 Å². The van der Waals surface area contributed by atoms with Gasteiger partial charge in [0.15, 0.2) is 0 Å². The molecule has 1 aliphatic rings. The van der Waals surface area contributed by atoms with Crippen molar-refractivity contribution in [3.8, 4) is 0 Å².